The van der Waals surface area contributed by atoms with Crippen molar-refractivity contribution in [1.82, 2.24) is 0 Å². The third kappa shape index (κ3) is 3.01. The van der Waals surface area contributed by atoms with Gasteiger partial charge in [0, 0.05) is 12.8 Å². The van der Waals surface area contributed by atoms with Gasteiger partial charge in [-0.25, -0.2) is 0 Å². The topological polar surface area (TPSA) is 43.4 Å². The second kappa shape index (κ2) is 4.80. The standard InChI is InChI=1S/C10H14O3/c1-13-10(12)7-6-8-4-2-3-5-9(8)11/h4H,2-3,5-7H2,1H3. The van der Waals surface area contributed by atoms with Crippen LogP contribution in [0, 0.1) is 0 Å². The summed E-state index contributed by atoms with van der Waals surface area (Å²) >= 11 is 0. The van der Waals surface area contributed by atoms with Crippen molar-refractivity contribution in [3.63, 3.8) is 0 Å². The van der Waals surface area contributed by atoms with Crippen LogP contribution in [0.25, 0.3) is 0 Å². The van der Waals surface area contributed by atoms with Gasteiger partial charge in [-0.05, 0) is 24.8 Å². The monoisotopic (exact) mass is 182 g/mol. The predicted molar refractivity (Wildman–Crippen MR) is 48.2 cm³/mol. The highest BCUT2D eigenvalue weighted by Gasteiger charge is 2.14. The number of hydrogen-bond donors (Lipinski definition) is 0. The Kier molecular flexibility index (Phi) is 3.68. The van der Waals surface area contributed by atoms with Gasteiger partial charge in [0.15, 0.2) is 5.78 Å². The molecule has 0 aromatic heterocycles. The van der Waals surface area contributed by atoms with E-state index in [-0.39, 0.29) is 11.8 Å². The molecule has 0 amide bonds. The van der Waals surface area contributed by atoms with Gasteiger partial charge in [-0.3, -0.25) is 9.59 Å². The summed E-state index contributed by atoms with van der Waals surface area (Å²) in [6.45, 7) is 0. The van der Waals surface area contributed by atoms with Crippen LogP contribution in [-0.4, -0.2) is 18.9 Å². The summed E-state index contributed by atoms with van der Waals surface area (Å²) in [4.78, 5) is 22.1. The molecule has 0 saturated heterocycles. The van der Waals surface area contributed by atoms with Crippen LogP contribution in [0.3, 0.4) is 0 Å². The highest BCUT2D eigenvalue weighted by atomic mass is 16.5. The zero-order valence-electron chi connectivity index (χ0n) is 7.84. The fourth-order valence-electron chi connectivity index (χ4n) is 1.39. The molecule has 0 N–H and O–H groups in total. The number of esters is 1. The Hall–Kier alpha value is -1.12. The van der Waals surface area contributed by atoms with Crippen molar-refractivity contribution in [2.75, 3.05) is 7.11 Å². The van der Waals surface area contributed by atoms with Crippen molar-refractivity contribution < 1.29 is 14.3 Å². The molecule has 1 rings (SSSR count). The summed E-state index contributed by atoms with van der Waals surface area (Å²) in [5.74, 6) is -0.0607. The Morgan fingerprint density at radius 3 is 3.00 bits per heavy atom. The van der Waals surface area contributed by atoms with Gasteiger partial charge in [0.2, 0.25) is 0 Å². The Bertz CT molecular complexity index is 241. The van der Waals surface area contributed by atoms with Gasteiger partial charge in [0.1, 0.15) is 0 Å². The number of allylic oxidation sites excluding steroid dienone is 2. The van der Waals surface area contributed by atoms with E-state index >= 15 is 0 Å². The van der Waals surface area contributed by atoms with Crippen LogP contribution in [0.5, 0.6) is 0 Å². The minimum atomic E-state index is -0.251. The average molecular weight is 182 g/mol. The van der Waals surface area contributed by atoms with Gasteiger partial charge in [-0.1, -0.05) is 6.08 Å². The maximum absolute atomic E-state index is 11.3. The second-order valence-corrected chi connectivity index (χ2v) is 3.12. The zero-order valence-corrected chi connectivity index (χ0v) is 7.84. The number of ether oxygens (including phenoxy) is 1. The van der Waals surface area contributed by atoms with Crippen molar-refractivity contribution in [3.05, 3.63) is 11.6 Å². The van der Waals surface area contributed by atoms with Crippen LogP contribution in [0.2, 0.25) is 0 Å². The molecule has 0 bridgehead atoms. The number of carbonyl (C=O) groups is 2. The summed E-state index contributed by atoms with van der Waals surface area (Å²) in [7, 11) is 1.36. The van der Waals surface area contributed by atoms with E-state index in [4.69, 9.17) is 0 Å². The van der Waals surface area contributed by atoms with Crippen molar-refractivity contribution in [2.45, 2.75) is 32.1 Å². The maximum atomic E-state index is 11.3. The highest BCUT2D eigenvalue weighted by Crippen LogP contribution is 2.18. The summed E-state index contributed by atoms with van der Waals surface area (Å²) in [6.07, 6.45) is 5.32. The average Bonchev–Trinajstić information content (AvgIpc) is 2.16. The van der Waals surface area contributed by atoms with Crippen molar-refractivity contribution >= 4 is 11.8 Å². The van der Waals surface area contributed by atoms with Crippen LogP contribution < -0.4 is 0 Å². The first-order chi connectivity index (χ1) is 6.24. The van der Waals surface area contributed by atoms with Crippen molar-refractivity contribution in [1.29, 1.82) is 0 Å². The molecule has 0 atom stereocenters. The summed E-state index contributed by atoms with van der Waals surface area (Å²) in [5.41, 5.74) is 0.802. The largest absolute Gasteiger partial charge is 0.469 e. The number of ketones is 1. The number of rotatable bonds is 3. The molecule has 13 heavy (non-hydrogen) atoms. The third-order valence-electron chi connectivity index (χ3n) is 2.18. The Labute approximate surface area is 77.8 Å². The van der Waals surface area contributed by atoms with Crippen LogP contribution in [0.15, 0.2) is 11.6 Å². The molecule has 72 valence electrons. The fourth-order valence-corrected chi connectivity index (χ4v) is 1.39. The van der Waals surface area contributed by atoms with Crippen LogP contribution in [-0.2, 0) is 14.3 Å². The molecule has 0 fully saturated rings. The van der Waals surface area contributed by atoms with Crippen molar-refractivity contribution in [2.24, 2.45) is 0 Å². The number of Topliss-reactive ketones (excluding diaryl/α,β-unsaturated/α-hetero) is 1. The summed E-state index contributed by atoms with van der Waals surface area (Å²) in [6, 6.07) is 0. The molecule has 0 unspecified atom stereocenters. The van der Waals surface area contributed by atoms with Gasteiger partial charge in [0.25, 0.3) is 0 Å². The number of carbonyl (C=O) groups excluding carboxylic acids is 2. The van der Waals surface area contributed by atoms with E-state index in [1.165, 1.54) is 7.11 Å². The van der Waals surface area contributed by atoms with Crippen LogP contribution in [0.1, 0.15) is 32.1 Å². The molecular formula is C10H14O3. The van der Waals surface area contributed by atoms with Crippen molar-refractivity contribution in [3.8, 4) is 0 Å². The third-order valence-corrected chi connectivity index (χ3v) is 2.18. The summed E-state index contributed by atoms with van der Waals surface area (Å²) in [5, 5.41) is 0. The van der Waals surface area contributed by atoms with Crippen LogP contribution >= 0.6 is 0 Å². The van der Waals surface area contributed by atoms with Gasteiger partial charge >= 0.3 is 5.97 Å². The SMILES string of the molecule is COC(=O)CCC1=CCCCC1=O. The molecule has 0 aromatic rings. The van der Waals surface area contributed by atoms with E-state index < -0.39 is 0 Å². The lowest BCUT2D eigenvalue weighted by Gasteiger charge is -2.10. The molecule has 0 heterocycles. The highest BCUT2D eigenvalue weighted by molar-refractivity contribution is 5.96. The van der Waals surface area contributed by atoms with E-state index in [1.54, 1.807) is 0 Å². The van der Waals surface area contributed by atoms with E-state index in [2.05, 4.69) is 4.74 Å². The lowest BCUT2D eigenvalue weighted by atomic mass is 9.95. The molecule has 0 aliphatic heterocycles. The molecule has 3 heteroatoms. The van der Waals surface area contributed by atoms with Gasteiger partial charge in [0.05, 0.1) is 7.11 Å². The van der Waals surface area contributed by atoms with E-state index in [9.17, 15) is 9.59 Å². The first-order valence-corrected chi connectivity index (χ1v) is 4.53. The molecule has 0 spiro atoms. The predicted octanol–water partition coefficient (Wildman–Crippen LogP) is 1.62. The first-order valence-electron chi connectivity index (χ1n) is 4.53. The van der Waals surface area contributed by atoms with E-state index in [0.29, 0.717) is 19.3 Å². The molecule has 0 radical (unpaired) electrons. The smallest absolute Gasteiger partial charge is 0.305 e. The quantitative estimate of drug-likeness (QED) is 0.623. The zero-order chi connectivity index (χ0) is 9.68. The Morgan fingerprint density at radius 2 is 2.38 bits per heavy atom. The van der Waals surface area contributed by atoms with Crippen LogP contribution in [0.4, 0.5) is 0 Å². The maximum Gasteiger partial charge on any atom is 0.305 e. The normalized spacial score (nSPS) is 16.7. The first kappa shape index (κ1) is 9.96. The molecule has 3 nitrogen and oxygen atoms in total. The van der Waals surface area contributed by atoms with Gasteiger partial charge in [-0.15, -0.1) is 0 Å². The second-order valence-electron chi connectivity index (χ2n) is 3.12. The number of methoxy groups -OCH3 is 1. The molecule has 0 saturated carbocycles. The fraction of sp³-hybridized carbons (Fsp3) is 0.600. The summed E-state index contributed by atoms with van der Waals surface area (Å²) < 4.78 is 4.50. The molecule has 1 aliphatic rings. The lowest BCUT2D eigenvalue weighted by molar-refractivity contribution is -0.140. The van der Waals surface area contributed by atoms with E-state index in [0.717, 1.165) is 18.4 Å². The Morgan fingerprint density at radius 1 is 1.62 bits per heavy atom. The molecule has 0 aromatic carbocycles. The lowest BCUT2D eigenvalue weighted by Crippen LogP contribution is -2.09. The number of hydrogen-bond acceptors (Lipinski definition) is 3. The van der Waals surface area contributed by atoms with Gasteiger partial charge < -0.3 is 4.74 Å². The minimum Gasteiger partial charge on any atom is -0.469 e. The Balaban J connectivity index is 2.39. The van der Waals surface area contributed by atoms with E-state index in [1.807, 2.05) is 6.08 Å². The minimum absolute atomic E-state index is 0.190. The molecular weight excluding hydrogens is 168 g/mol. The van der Waals surface area contributed by atoms with Gasteiger partial charge in [-0.2, -0.15) is 0 Å². The molecule has 1 aliphatic carbocycles.